The van der Waals surface area contributed by atoms with Crippen molar-refractivity contribution < 1.29 is 4.79 Å². The number of imidazole rings is 1. The summed E-state index contributed by atoms with van der Waals surface area (Å²) in [4.78, 5) is 19.2. The molecule has 0 aliphatic heterocycles. The minimum Gasteiger partial charge on any atom is -0.349 e. The van der Waals surface area contributed by atoms with Gasteiger partial charge in [-0.3, -0.25) is 9.48 Å². The lowest BCUT2D eigenvalue weighted by Crippen LogP contribution is -2.26. The number of benzene rings is 1. The number of nitrogens with zero attached hydrogens (tertiary/aromatic N) is 3. The summed E-state index contributed by atoms with van der Waals surface area (Å²) in [5.41, 5.74) is 1.67. The van der Waals surface area contributed by atoms with Crippen LogP contribution in [0.5, 0.6) is 0 Å². The lowest BCUT2D eigenvalue weighted by molar-refractivity contribution is 0.0943. The quantitative estimate of drug-likeness (QED) is 0.690. The van der Waals surface area contributed by atoms with Crippen molar-refractivity contribution in [3.63, 3.8) is 0 Å². The van der Waals surface area contributed by atoms with Gasteiger partial charge in [0.15, 0.2) is 5.82 Å². The Bertz CT molecular complexity index is 668. The summed E-state index contributed by atoms with van der Waals surface area (Å²) < 4.78 is 1.84. The van der Waals surface area contributed by atoms with Gasteiger partial charge in [0.1, 0.15) is 0 Å². The van der Waals surface area contributed by atoms with E-state index in [0.717, 1.165) is 24.0 Å². The Kier molecular flexibility index (Phi) is 3.45. The van der Waals surface area contributed by atoms with E-state index < -0.39 is 0 Å². The van der Waals surface area contributed by atoms with E-state index in [1.165, 1.54) is 0 Å². The average molecular weight is 269 g/mol. The molecule has 0 fully saturated rings. The summed E-state index contributed by atoms with van der Waals surface area (Å²) in [5, 5.41) is 6.95. The Morgan fingerprint density at radius 1 is 1.30 bits per heavy atom. The molecule has 3 aromatic rings. The molecule has 2 heterocycles. The van der Waals surface area contributed by atoms with E-state index in [2.05, 4.69) is 20.4 Å². The SMILES string of the molecule is O=C(NCCCn1cccn1)c1nc2ccccc2[nH]1. The Labute approximate surface area is 115 Å². The highest BCUT2D eigenvalue weighted by molar-refractivity contribution is 5.94. The molecule has 0 bridgehead atoms. The van der Waals surface area contributed by atoms with Gasteiger partial charge in [-0.1, -0.05) is 12.1 Å². The first kappa shape index (κ1) is 12.4. The van der Waals surface area contributed by atoms with Crippen molar-refractivity contribution in [3.8, 4) is 0 Å². The Hall–Kier alpha value is -2.63. The van der Waals surface area contributed by atoms with Gasteiger partial charge in [-0.05, 0) is 24.6 Å². The largest absolute Gasteiger partial charge is 0.349 e. The molecule has 0 saturated heterocycles. The van der Waals surface area contributed by atoms with E-state index in [-0.39, 0.29) is 5.91 Å². The van der Waals surface area contributed by atoms with Gasteiger partial charge in [0, 0.05) is 25.5 Å². The highest BCUT2D eigenvalue weighted by Gasteiger charge is 2.10. The van der Waals surface area contributed by atoms with Gasteiger partial charge in [0.2, 0.25) is 0 Å². The van der Waals surface area contributed by atoms with Crippen LogP contribution in [-0.4, -0.2) is 32.2 Å². The fourth-order valence-corrected chi connectivity index (χ4v) is 2.02. The monoisotopic (exact) mass is 269 g/mol. The molecule has 0 saturated carbocycles. The number of carbonyl (C=O) groups excluding carboxylic acids is 1. The molecule has 0 aliphatic rings. The number of carbonyl (C=O) groups is 1. The fraction of sp³-hybridized carbons (Fsp3) is 0.214. The van der Waals surface area contributed by atoms with Crippen LogP contribution in [0.25, 0.3) is 11.0 Å². The van der Waals surface area contributed by atoms with Crippen molar-refractivity contribution in [3.05, 3.63) is 48.5 Å². The maximum Gasteiger partial charge on any atom is 0.287 e. The Morgan fingerprint density at radius 3 is 3.00 bits per heavy atom. The third-order valence-corrected chi connectivity index (χ3v) is 3.01. The molecule has 2 N–H and O–H groups in total. The summed E-state index contributed by atoms with van der Waals surface area (Å²) in [7, 11) is 0. The first-order chi connectivity index (χ1) is 9.83. The molecule has 3 rings (SSSR count). The predicted molar refractivity (Wildman–Crippen MR) is 75.3 cm³/mol. The summed E-state index contributed by atoms with van der Waals surface area (Å²) in [6.07, 6.45) is 4.47. The molecule has 1 aromatic carbocycles. The molecule has 20 heavy (non-hydrogen) atoms. The zero-order chi connectivity index (χ0) is 13.8. The van der Waals surface area contributed by atoms with Crippen LogP contribution in [0.1, 0.15) is 17.0 Å². The molecule has 0 atom stereocenters. The number of H-pyrrole nitrogens is 1. The van der Waals surface area contributed by atoms with Crippen molar-refractivity contribution in [2.24, 2.45) is 0 Å². The third kappa shape index (κ3) is 2.69. The van der Waals surface area contributed by atoms with Crippen LogP contribution in [0.15, 0.2) is 42.7 Å². The number of fused-ring (bicyclic) bond motifs is 1. The Balaban J connectivity index is 1.53. The summed E-state index contributed by atoms with van der Waals surface area (Å²) in [5.74, 6) is 0.173. The maximum absolute atomic E-state index is 11.9. The highest BCUT2D eigenvalue weighted by atomic mass is 16.2. The third-order valence-electron chi connectivity index (χ3n) is 3.01. The first-order valence-electron chi connectivity index (χ1n) is 6.53. The molecule has 6 heteroatoms. The summed E-state index contributed by atoms with van der Waals surface area (Å²) in [6.45, 7) is 1.38. The van der Waals surface area contributed by atoms with Crippen LogP contribution in [0, 0.1) is 0 Å². The van der Waals surface area contributed by atoms with E-state index >= 15 is 0 Å². The van der Waals surface area contributed by atoms with E-state index in [1.807, 2.05) is 41.2 Å². The number of amides is 1. The van der Waals surface area contributed by atoms with Gasteiger partial charge in [-0.2, -0.15) is 5.10 Å². The topological polar surface area (TPSA) is 75.6 Å². The van der Waals surface area contributed by atoms with Crippen LogP contribution in [0.3, 0.4) is 0 Å². The number of hydrogen-bond acceptors (Lipinski definition) is 3. The summed E-state index contributed by atoms with van der Waals surface area (Å²) in [6, 6.07) is 9.46. The van der Waals surface area contributed by atoms with Crippen molar-refractivity contribution in [1.82, 2.24) is 25.1 Å². The molecule has 2 aromatic heterocycles. The number of aryl methyl sites for hydroxylation is 1. The molecular weight excluding hydrogens is 254 g/mol. The van der Waals surface area contributed by atoms with Gasteiger partial charge >= 0.3 is 0 Å². The molecule has 1 amide bonds. The first-order valence-corrected chi connectivity index (χ1v) is 6.53. The van der Waals surface area contributed by atoms with Crippen LogP contribution >= 0.6 is 0 Å². The molecule has 6 nitrogen and oxygen atoms in total. The van der Waals surface area contributed by atoms with Crippen molar-refractivity contribution in [1.29, 1.82) is 0 Å². The molecule has 0 unspecified atom stereocenters. The van der Waals surface area contributed by atoms with Crippen LogP contribution < -0.4 is 5.32 Å². The van der Waals surface area contributed by atoms with Crippen molar-refractivity contribution in [2.45, 2.75) is 13.0 Å². The van der Waals surface area contributed by atoms with Crippen LogP contribution in [-0.2, 0) is 6.54 Å². The van der Waals surface area contributed by atoms with Crippen LogP contribution in [0.2, 0.25) is 0 Å². The minimum atomic E-state index is -0.179. The van der Waals surface area contributed by atoms with Gasteiger partial charge < -0.3 is 10.3 Å². The lowest BCUT2D eigenvalue weighted by atomic mass is 10.3. The average Bonchev–Trinajstić information content (AvgIpc) is 3.12. The second-order valence-corrected chi connectivity index (χ2v) is 4.48. The van der Waals surface area contributed by atoms with Crippen molar-refractivity contribution in [2.75, 3.05) is 6.54 Å². The normalized spacial score (nSPS) is 10.8. The summed E-state index contributed by atoms with van der Waals surface area (Å²) >= 11 is 0. The molecule has 102 valence electrons. The van der Waals surface area contributed by atoms with E-state index in [4.69, 9.17) is 0 Å². The molecule has 0 aliphatic carbocycles. The zero-order valence-electron chi connectivity index (χ0n) is 10.9. The highest BCUT2D eigenvalue weighted by Crippen LogP contribution is 2.09. The fourth-order valence-electron chi connectivity index (χ4n) is 2.02. The Morgan fingerprint density at radius 2 is 2.20 bits per heavy atom. The van der Waals surface area contributed by atoms with Crippen LogP contribution in [0.4, 0.5) is 0 Å². The van der Waals surface area contributed by atoms with Gasteiger partial charge in [0.25, 0.3) is 5.91 Å². The molecule has 0 radical (unpaired) electrons. The van der Waals surface area contributed by atoms with E-state index in [9.17, 15) is 4.79 Å². The number of nitrogens with one attached hydrogen (secondary N) is 2. The second kappa shape index (κ2) is 5.56. The zero-order valence-corrected chi connectivity index (χ0v) is 10.9. The number of rotatable bonds is 5. The van der Waals surface area contributed by atoms with Gasteiger partial charge in [-0.15, -0.1) is 0 Å². The van der Waals surface area contributed by atoms with E-state index in [1.54, 1.807) is 6.20 Å². The molecule has 0 spiro atoms. The predicted octanol–water partition coefficient (Wildman–Crippen LogP) is 1.58. The number of aromatic amines is 1. The van der Waals surface area contributed by atoms with Gasteiger partial charge in [0.05, 0.1) is 11.0 Å². The number of aromatic nitrogens is 4. The smallest absolute Gasteiger partial charge is 0.287 e. The number of hydrogen-bond donors (Lipinski definition) is 2. The molecular formula is C14H15N5O. The van der Waals surface area contributed by atoms with E-state index in [0.29, 0.717) is 12.4 Å². The van der Waals surface area contributed by atoms with Gasteiger partial charge in [-0.25, -0.2) is 4.98 Å². The standard InChI is InChI=1S/C14H15N5O/c20-14(15-7-3-9-19-10-4-8-16-19)13-17-11-5-1-2-6-12(11)18-13/h1-2,4-6,8,10H,3,7,9H2,(H,15,20)(H,17,18). The minimum absolute atomic E-state index is 0.179. The number of para-hydroxylation sites is 2. The maximum atomic E-state index is 11.9. The van der Waals surface area contributed by atoms with Crippen molar-refractivity contribution >= 4 is 16.9 Å². The second-order valence-electron chi connectivity index (χ2n) is 4.48. The lowest BCUT2D eigenvalue weighted by Gasteiger charge is -2.03.